The molecule has 0 aliphatic carbocycles. The van der Waals surface area contributed by atoms with Crippen LogP contribution < -0.4 is 10.2 Å². The highest BCUT2D eigenvalue weighted by Gasteiger charge is 2.31. The Labute approximate surface area is 117 Å². The van der Waals surface area contributed by atoms with Crippen molar-refractivity contribution in [2.45, 2.75) is 31.7 Å². The van der Waals surface area contributed by atoms with Crippen LogP contribution in [0.2, 0.25) is 0 Å². The first-order valence-electron chi connectivity index (χ1n) is 7.08. The SMILES string of the molecule is O=C(O)c1ccc2c(c1)N(C(=O)[C@@H]1CCCCN1)CC2. The van der Waals surface area contributed by atoms with E-state index in [9.17, 15) is 9.59 Å². The lowest BCUT2D eigenvalue weighted by atomic mass is 10.0. The van der Waals surface area contributed by atoms with Crippen LogP contribution in [0.3, 0.4) is 0 Å². The predicted molar refractivity (Wildman–Crippen MR) is 75.1 cm³/mol. The summed E-state index contributed by atoms with van der Waals surface area (Å²) < 4.78 is 0. The molecule has 0 radical (unpaired) electrons. The van der Waals surface area contributed by atoms with Gasteiger partial charge in [-0.05, 0) is 43.5 Å². The molecule has 2 aliphatic heterocycles. The summed E-state index contributed by atoms with van der Waals surface area (Å²) in [6.45, 7) is 1.53. The van der Waals surface area contributed by atoms with Gasteiger partial charge in [-0.25, -0.2) is 4.79 Å². The summed E-state index contributed by atoms with van der Waals surface area (Å²) in [4.78, 5) is 25.4. The number of nitrogens with zero attached hydrogens (tertiary/aromatic N) is 1. The average Bonchev–Trinajstić information content (AvgIpc) is 2.90. The minimum absolute atomic E-state index is 0.0750. The van der Waals surface area contributed by atoms with Crippen LogP contribution in [0.1, 0.15) is 35.2 Å². The van der Waals surface area contributed by atoms with Crippen molar-refractivity contribution in [1.29, 1.82) is 0 Å². The third-order valence-electron chi connectivity index (χ3n) is 4.10. The van der Waals surface area contributed by atoms with Crippen molar-refractivity contribution in [2.75, 3.05) is 18.0 Å². The van der Waals surface area contributed by atoms with Crippen LogP contribution in [0.25, 0.3) is 0 Å². The van der Waals surface area contributed by atoms with Crippen LogP contribution in [-0.2, 0) is 11.2 Å². The molecule has 0 spiro atoms. The number of aromatic carboxylic acids is 1. The summed E-state index contributed by atoms with van der Waals surface area (Å²) in [6.07, 6.45) is 3.85. The van der Waals surface area contributed by atoms with Crippen molar-refractivity contribution in [3.8, 4) is 0 Å². The third-order valence-corrected chi connectivity index (χ3v) is 4.10. The van der Waals surface area contributed by atoms with Crippen LogP contribution in [-0.4, -0.2) is 36.1 Å². The fourth-order valence-electron chi connectivity index (χ4n) is 2.99. The molecule has 2 heterocycles. The molecule has 1 fully saturated rings. The zero-order chi connectivity index (χ0) is 14.1. The minimum Gasteiger partial charge on any atom is -0.478 e. The zero-order valence-electron chi connectivity index (χ0n) is 11.3. The average molecular weight is 274 g/mol. The highest BCUT2D eigenvalue weighted by Crippen LogP contribution is 2.30. The number of amides is 1. The van der Waals surface area contributed by atoms with E-state index in [1.54, 1.807) is 17.0 Å². The molecule has 20 heavy (non-hydrogen) atoms. The standard InChI is InChI=1S/C15H18N2O3/c18-14(12-3-1-2-7-16-12)17-8-6-10-4-5-11(15(19)20)9-13(10)17/h4-5,9,12,16H,1-3,6-8H2,(H,19,20)/t12-/m0/s1. The molecule has 0 aromatic heterocycles. The number of nitrogens with one attached hydrogen (secondary N) is 1. The number of hydrogen-bond acceptors (Lipinski definition) is 3. The molecule has 106 valence electrons. The number of fused-ring (bicyclic) bond motifs is 1. The number of anilines is 1. The zero-order valence-corrected chi connectivity index (χ0v) is 11.3. The van der Waals surface area contributed by atoms with Gasteiger partial charge in [-0.1, -0.05) is 12.5 Å². The van der Waals surface area contributed by atoms with Gasteiger partial charge in [-0.15, -0.1) is 0 Å². The van der Waals surface area contributed by atoms with Crippen LogP contribution in [0.5, 0.6) is 0 Å². The van der Waals surface area contributed by atoms with Crippen LogP contribution in [0, 0.1) is 0 Å². The number of carbonyl (C=O) groups is 2. The maximum absolute atomic E-state index is 12.6. The second-order valence-electron chi connectivity index (χ2n) is 5.39. The number of hydrogen-bond donors (Lipinski definition) is 2. The molecule has 1 aromatic carbocycles. The smallest absolute Gasteiger partial charge is 0.335 e. The maximum atomic E-state index is 12.6. The molecule has 1 atom stereocenters. The first kappa shape index (κ1) is 13.1. The number of carboxylic acids is 1. The fourth-order valence-corrected chi connectivity index (χ4v) is 2.99. The van der Waals surface area contributed by atoms with Gasteiger partial charge in [-0.3, -0.25) is 4.79 Å². The highest BCUT2D eigenvalue weighted by molar-refractivity contribution is 6.00. The number of rotatable bonds is 2. The number of carboxylic acid groups (broad SMARTS) is 1. The Bertz CT molecular complexity index is 550. The normalized spacial score (nSPS) is 21.6. The van der Waals surface area contributed by atoms with Crippen molar-refractivity contribution in [3.63, 3.8) is 0 Å². The van der Waals surface area contributed by atoms with E-state index in [-0.39, 0.29) is 17.5 Å². The topological polar surface area (TPSA) is 69.6 Å². The first-order chi connectivity index (χ1) is 9.66. The molecule has 0 saturated carbocycles. The number of piperidine rings is 1. The molecule has 0 unspecified atom stereocenters. The fraction of sp³-hybridized carbons (Fsp3) is 0.467. The first-order valence-corrected chi connectivity index (χ1v) is 7.08. The summed E-state index contributed by atoms with van der Waals surface area (Å²) >= 11 is 0. The van der Waals surface area contributed by atoms with E-state index in [4.69, 9.17) is 5.11 Å². The van der Waals surface area contributed by atoms with Gasteiger partial charge in [0.1, 0.15) is 0 Å². The summed E-state index contributed by atoms with van der Waals surface area (Å²) in [7, 11) is 0. The number of carbonyl (C=O) groups excluding carboxylic acids is 1. The molecule has 1 amide bonds. The van der Waals surface area contributed by atoms with E-state index in [0.717, 1.165) is 43.5 Å². The second-order valence-corrected chi connectivity index (χ2v) is 5.39. The highest BCUT2D eigenvalue weighted by atomic mass is 16.4. The molecule has 0 bridgehead atoms. The van der Waals surface area contributed by atoms with E-state index >= 15 is 0 Å². The van der Waals surface area contributed by atoms with E-state index in [1.165, 1.54) is 0 Å². The van der Waals surface area contributed by atoms with Crippen LogP contribution in [0.4, 0.5) is 5.69 Å². The Hall–Kier alpha value is -1.88. The summed E-state index contributed by atoms with van der Waals surface area (Å²) in [5.74, 6) is -0.881. The van der Waals surface area contributed by atoms with Gasteiger partial charge in [0.25, 0.3) is 0 Å². The van der Waals surface area contributed by atoms with Gasteiger partial charge >= 0.3 is 5.97 Å². The quantitative estimate of drug-likeness (QED) is 0.855. The predicted octanol–water partition coefficient (Wildman–Crippen LogP) is 1.42. The van der Waals surface area contributed by atoms with Crippen molar-refractivity contribution in [2.24, 2.45) is 0 Å². The third kappa shape index (κ3) is 2.29. The summed E-state index contributed by atoms with van der Waals surface area (Å²) in [6, 6.07) is 4.92. The Morgan fingerprint density at radius 2 is 2.15 bits per heavy atom. The molecule has 1 aromatic rings. The lowest BCUT2D eigenvalue weighted by Gasteiger charge is -2.27. The van der Waals surface area contributed by atoms with Crippen molar-refractivity contribution >= 4 is 17.6 Å². The summed E-state index contributed by atoms with van der Waals surface area (Å²) in [5, 5.41) is 12.3. The maximum Gasteiger partial charge on any atom is 0.335 e. The van der Waals surface area contributed by atoms with Crippen LogP contribution in [0.15, 0.2) is 18.2 Å². The van der Waals surface area contributed by atoms with Crippen molar-refractivity contribution in [3.05, 3.63) is 29.3 Å². The molecule has 2 aliphatic rings. The van der Waals surface area contributed by atoms with Gasteiger partial charge in [-0.2, -0.15) is 0 Å². The molecular weight excluding hydrogens is 256 g/mol. The van der Waals surface area contributed by atoms with Gasteiger partial charge in [0.2, 0.25) is 5.91 Å². The van der Waals surface area contributed by atoms with Gasteiger partial charge < -0.3 is 15.3 Å². The Morgan fingerprint density at radius 1 is 1.30 bits per heavy atom. The molecule has 3 rings (SSSR count). The van der Waals surface area contributed by atoms with Crippen molar-refractivity contribution in [1.82, 2.24) is 5.32 Å². The van der Waals surface area contributed by atoms with Gasteiger partial charge in [0.05, 0.1) is 11.6 Å². The van der Waals surface area contributed by atoms with Gasteiger partial charge in [0.15, 0.2) is 0 Å². The van der Waals surface area contributed by atoms with E-state index in [1.807, 2.05) is 6.07 Å². The van der Waals surface area contributed by atoms with Gasteiger partial charge in [0, 0.05) is 12.2 Å². The Balaban J connectivity index is 1.85. The summed E-state index contributed by atoms with van der Waals surface area (Å²) in [5.41, 5.74) is 2.06. The van der Waals surface area contributed by atoms with E-state index < -0.39 is 5.97 Å². The lowest BCUT2D eigenvalue weighted by Crippen LogP contribution is -2.48. The van der Waals surface area contributed by atoms with E-state index in [0.29, 0.717) is 6.54 Å². The Kier molecular flexibility index (Phi) is 3.44. The molecule has 1 saturated heterocycles. The monoisotopic (exact) mass is 274 g/mol. The van der Waals surface area contributed by atoms with Crippen LogP contribution >= 0.6 is 0 Å². The lowest BCUT2D eigenvalue weighted by molar-refractivity contribution is -0.121. The second kappa shape index (κ2) is 5.25. The Morgan fingerprint density at radius 3 is 2.85 bits per heavy atom. The van der Waals surface area contributed by atoms with Crippen molar-refractivity contribution < 1.29 is 14.7 Å². The van der Waals surface area contributed by atoms with E-state index in [2.05, 4.69) is 5.32 Å². The molecule has 5 heteroatoms. The molecular formula is C15H18N2O3. The molecule has 2 N–H and O–H groups in total. The number of benzene rings is 1. The minimum atomic E-state index is -0.956. The molecule has 5 nitrogen and oxygen atoms in total. The largest absolute Gasteiger partial charge is 0.478 e.